The second kappa shape index (κ2) is 10.4. The molecule has 3 N–H and O–H groups in total. The van der Waals surface area contributed by atoms with Crippen molar-refractivity contribution in [2.24, 2.45) is 0 Å². The minimum atomic E-state index is -4.13. The fraction of sp³-hybridized carbons (Fsp3) is 0.400. The molecule has 1 aliphatic heterocycles. The minimum absolute atomic E-state index is 0.0577. The van der Waals surface area contributed by atoms with Crippen LogP contribution in [-0.2, 0) is 36.1 Å². The van der Waals surface area contributed by atoms with Crippen molar-refractivity contribution in [3.8, 4) is 0 Å². The molecule has 9 heteroatoms. The Balaban J connectivity index is 1.61. The number of epoxide rings is 1. The topological polar surface area (TPSA) is 118 Å². The second-order valence-electron chi connectivity index (χ2n) is 6.52. The van der Waals surface area contributed by atoms with Crippen LogP contribution in [0.1, 0.15) is 12.5 Å². The first kappa shape index (κ1) is 20.7. The van der Waals surface area contributed by atoms with Crippen LogP contribution < -0.4 is 0 Å². The largest absolute Gasteiger partial charge is 0.475 e. The Hall–Kier alpha value is -1.61. The summed E-state index contributed by atoms with van der Waals surface area (Å²) < 4.78 is 41.5. The number of rotatable bonds is 12. The number of ether oxygens (including phenoxy) is 1. The summed E-state index contributed by atoms with van der Waals surface area (Å²) in [5.74, 6) is 0. The Morgan fingerprint density at radius 3 is 1.90 bits per heavy atom. The molecule has 1 heterocycles. The summed E-state index contributed by atoms with van der Waals surface area (Å²) in [5.41, 5.74) is 1.48. The lowest BCUT2D eigenvalue weighted by Crippen LogP contribution is -2.42. The van der Waals surface area contributed by atoms with Crippen LogP contribution in [0.2, 0.25) is 0 Å². The van der Waals surface area contributed by atoms with E-state index in [1.165, 1.54) is 0 Å². The predicted molar refractivity (Wildman–Crippen MR) is 104 cm³/mol. The molecule has 1 saturated heterocycles. The number of benzene rings is 2. The van der Waals surface area contributed by atoms with Crippen molar-refractivity contribution in [2.75, 3.05) is 13.2 Å². The maximum absolute atomic E-state index is 13.1. The van der Waals surface area contributed by atoms with Gasteiger partial charge in [0.2, 0.25) is 0 Å². The molecule has 1 unspecified atom stereocenters. The SMILES string of the molecule is [3H]C1([C@@H](O)[C@H](O)[C@H](O)COP(=O)(OCc2ccccc2)OCc2ccccc2)CO1. The summed E-state index contributed by atoms with van der Waals surface area (Å²) >= 11 is 0. The maximum Gasteiger partial charge on any atom is 0.475 e. The molecule has 3 rings (SSSR count). The molecule has 0 aromatic heterocycles. The van der Waals surface area contributed by atoms with Gasteiger partial charge >= 0.3 is 7.82 Å². The zero-order chi connectivity index (χ0) is 21.6. The van der Waals surface area contributed by atoms with E-state index in [4.69, 9.17) is 19.7 Å². The van der Waals surface area contributed by atoms with E-state index in [2.05, 4.69) is 0 Å². The van der Waals surface area contributed by atoms with Gasteiger partial charge < -0.3 is 20.1 Å². The van der Waals surface area contributed by atoms with Crippen molar-refractivity contribution in [3.63, 3.8) is 0 Å². The first-order valence-corrected chi connectivity index (χ1v) is 10.6. The Morgan fingerprint density at radius 2 is 1.45 bits per heavy atom. The van der Waals surface area contributed by atoms with E-state index < -0.39 is 38.8 Å². The van der Waals surface area contributed by atoms with Crippen LogP contribution in [0.3, 0.4) is 0 Å². The number of aliphatic hydroxyl groups excluding tert-OH is 3. The predicted octanol–water partition coefficient (Wildman–Crippen LogP) is 2.03. The van der Waals surface area contributed by atoms with Gasteiger partial charge in [-0.1, -0.05) is 60.7 Å². The molecule has 0 amide bonds. The summed E-state index contributed by atoms with van der Waals surface area (Å²) in [6, 6.07) is 18.0. The first-order chi connectivity index (χ1) is 14.3. The van der Waals surface area contributed by atoms with Gasteiger partial charge in [0.25, 0.3) is 0 Å². The summed E-state index contributed by atoms with van der Waals surface area (Å²) in [6.45, 7) is -0.817. The fourth-order valence-electron chi connectivity index (χ4n) is 2.45. The molecule has 29 heavy (non-hydrogen) atoms. The third-order valence-corrected chi connectivity index (χ3v) is 5.58. The molecule has 0 aliphatic carbocycles. The lowest BCUT2D eigenvalue weighted by Gasteiger charge is -2.24. The van der Waals surface area contributed by atoms with E-state index in [-0.39, 0.29) is 19.8 Å². The highest BCUT2D eigenvalue weighted by Crippen LogP contribution is 2.51. The quantitative estimate of drug-likeness (QED) is 0.349. The molecule has 2 aromatic carbocycles. The molecular formula is C20H25O8P. The van der Waals surface area contributed by atoms with Crippen LogP contribution in [0.15, 0.2) is 60.7 Å². The van der Waals surface area contributed by atoms with Gasteiger partial charge in [0, 0.05) is 0 Å². The van der Waals surface area contributed by atoms with Gasteiger partial charge in [0.15, 0.2) is 0 Å². The van der Waals surface area contributed by atoms with Crippen molar-refractivity contribution in [1.82, 2.24) is 0 Å². The molecule has 1 aliphatic rings. The lowest BCUT2D eigenvalue weighted by molar-refractivity contribution is -0.0838. The van der Waals surface area contributed by atoms with Crippen molar-refractivity contribution in [2.45, 2.75) is 37.6 Å². The molecule has 0 bridgehead atoms. The van der Waals surface area contributed by atoms with Gasteiger partial charge in [-0.15, -0.1) is 0 Å². The number of hydrogen-bond acceptors (Lipinski definition) is 8. The Labute approximate surface area is 170 Å². The third kappa shape index (κ3) is 6.99. The smallest absolute Gasteiger partial charge is 0.388 e. The van der Waals surface area contributed by atoms with Crippen LogP contribution in [0, 0.1) is 0 Å². The van der Waals surface area contributed by atoms with Crippen LogP contribution in [-0.4, -0.2) is 52.9 Å². The monoisotopic (exact) mass is 426 g/mol. The van der Waals surface area contributed by atoms with E-state index in [0.29, 0.717) is 0 Å². The van der Waals surface area contributed by atoms with Crippen LogP contribution in [0.4, 0.5) is 0 Å². The highest BCUT2D eigenvalue weighted by atomic mass is 31.2. The molecule has 0 spiro atoms. The van der Waals surface area contributed by atoms with Gasteiger partial charge in [-0.3, -0.25) is 13.6 Å². The number of hydrogen-bond donors (Lipinski definition) is 3. The van der Waals surface area contributed by atoms with Gasteiger partial charge in [-0.25, -0.2) is 4.57 Å². The minimum Gasteiger partial charge on any atom is -0.388 e. The molecule has 0 saturated carbocycles. The summed E-state index contributed by atoms with van der Waals surface area (Å²) in [6.07, 6.45) is -6.68. The summed E-state index contributed by atoms with van der Waals surface area (Å²) in [7, 11) is -4.13. The Kier molecular flexibility index (Phi) is 7.43. The number of phosphoric acid groups is 1. The highest BCUT2D eigenvalue weighted by Gasteiger charge is 2.40. The third-order valence-electron chi connectivity index (χ3n) is 4.23. The number of phosphoric ester groups is 1. The van der Waals surface area contributed by atoms with E-state index in [1.807, 2.05) is 12.1 Å². The van der Waals surface area contributed by atoms with Gasteiger partial charge in [-0.2, -0.15) is 0 Å². The van der Waals surface area contributed by atoms with Crippen LogP contribution in [0.5, 0.6) is 0 Å². The van der Waals surface area contributed by atoms with E-state index >= 15 is 0 Å². The maximum atomic E-state index is 13.1. The van der Waals surface area contributed by atoms with Crippen molar-refractivity contribution in [1.29, 1.82) is 0 Å². The lowest BCUT2D eigenvalue weighted by atomic mass is 10.1. The Bertz CT molecular complexity index is 786. The van der Waals surface area contributed by atoms with Crippen molar-refractivity contribution in [3.05, 3.63) is 71.8 Å². The molecule has 158 valence electrons. The first-order valence-electron chi connectivity index (χ1n) is 9.61. The van der Waals surface area contributed by atoms with E-state index in [9.17, 15) is 19.9 Å². The van der Waals surface area contributed by atoms with Gasteiger partial charge in [0.05, 0.1) is 27.8 Å². The zero-order valence-corrected chi connectivity index (χ0v) is 16.6. The average molecular weight is 426 g/mol. The van der Waals surface area contributed by atoms with Crippen molar-refractivity contribution < 1.29 is 39.6 Å². The van der Waals surface area contributed by atoms with E-state index in [0.717, 1.165) is 11.1 Å². The summed E-state index contributed by atoms with van der Waals surface area (Å²) in [5, 5.41) is 30.0. The fourth-order valence-corrected chi connectivity index (χ4v) is 3.62. The molecule has 1 fully saturated rings. The standard InChI is InChI=1S/C20H25O8P/c21-17(19(22)20(23)18-14-25-18)13-28-29(24,26-11-15-7-3-1-4-8-15)27-12-16-9-5-2-6-10-16/h1-10,17-23H,11-14H2/t17-,18?,19-,20-/m1/s1/i18T. The molecule has 0 radical (unpaired) electrons. The zero-order valence-electron chi connectivity index (χ0n) is 16.7. The summed E-state index contributed by atoms with van der Waals surface area (Å²) in [4.78, 5) is 0. The van der Waals surface area contributed by atoms with Gasteiger partial charge in [0.1, 0.15) is 24.4 Å². The van der Waals surface area contributed by atoms with Crippen LogP contribution in [0.25, 0.3) is 0 Å². The second-order valence-corrected chi connectivity index (χ2v) is 8.19. The Morgan fingerprint density at radius 1 is 0.966 bits per heavy atom. The van der Waals surface area contributed by atoms with Gasteiger partial charge in [-0.05, 0) is 11.1 Å². The normalized spacial score (nSPS) is 22.5. The molecular weight excluding hydrogens is 399 g/mol. The van der Waals surface area contributed by atoms with E-state index in [1.54, 1.807) is 48.5 Å². The number of aliphatic hydroxyl groups is 3. The molecule has 2 aromatic rings. The van der Waals surface area contributed by atoms with Crippen molar-refractivity contribution >= 4 is 7.82 Å². The highest BCUT2D eigenvalue weighted by molar-refractivity contribution is 7.48. The molecule has 4 atom stereocenters. The molecule has 8 nitrogen and oxygen atoms in total. The van der Waals surface area contributed by atoms with Crippen LogP contribution >= 0.6 is 7.82 Å². The average Bonchev–Trinajstić information content (AvgIpc) is 3.54.